The molecule has 0 aliphatic rings. The Labute approximate surface area is 218 Å². The lowest BCUT2D eigenvalue weighted by Crippen LogP contribution is -2.24. The molecule has 0 aromatic heterocycles. The fourth-order valence-corrected chi connectivity index (χ4v) is 3.48. The van der Waals surface area contributed by atoms with E-state index in [-0.39, 0.29) is 6.61 Å². The van der Waals surface area contributed by atoms with Gasteiger partial charge in [0.1, 0.15) is 17.2 Å². The minimum Gasteiger partial charge on any atom is -0.494 e. The summed E-state index contributed by atoms with van der Waals surface area (Å²) in [7, 11) is 0. The quantitative estimate of drug-likeness (QED) is 0.102. The number of carbonyl (C=O) groups is 2. The second kappa shape index (κ2) is 13.8. The van der Waals surface area contributed by atoms with Crippen LogP contribution in [0.1, 0.15) is 34.8 Å². The van der Waals surface area contributed by atoms with E-state index in [1.165, 1.54) is 6.21 Å². The van der Waals surface area contributed by atoms with Gasteiger partial charge in [0, 0.05) is 10.0 Å². The standard InChI is InChI=1S/C28H27BrN2O5/c1-3-7-20-8-5-6-9-25(20)35-19-27(32)31-30-18-22-17-23(29)12-15-26(22)36-28(33)21-10-13-24(14-11-21)34-16-4-2/h3,5-6,8-15,17-18H,1,4,7,16,19H2,2H3,(H,31,32). The lowest BCUT2D eigenvalue weighted by molar-refractivity contribution is -0.123. The van der Waals surface area contributed by atoms with Crippen LogP contribution >= 0.6 is 15.9 Å². The Bertz CT molecular complexity index is 1220. The molecule has 1 amide bonds. The van der Waals surface area contributed by atoms with Crippen molar-refractivity contribution in [3.8, 4) is 17.2 Å². The van der Waals surface area contributed by atoms with Gasteiger partial charge >= 0.3 is 5.97 Å². The Morgan fingerprint density at radius 1 is 1.03 bits per heavy atom. The first-order chi connectivity index (χ1) is 17.5. The van der Waals surface area contributed by atoms with Gasteiger partial charge in [-0.1, -0.05) is 47.1 Å². The monoisotopic (exact) mass is 550 g/mol. The zero-order valence-corrected chi connectivity index (χ0v) is 21.5. The van der Waals surface area contributed by atoms with E-state index in [1.807, 2.05) is 25.1 Å². The molecule has 0 aliphatic heterocycles. The number of nitrogens with one attached hydrogen (secondary N) is 1. The van der Waals surface area contributed by atoms with Crippen LogP contribution in [-0.2, 0) is 11.2 Å². The van der Waals surface area contributed by atoms with Gasteiger partial charge in [-0.15, -0.1) is 6.58 Å². The van der Waals surface area contributed by atoms with Crippen LogP contribution < -0.4 is 19.6 Å². The lowest BCUT2D eigenvalue weighted by Gasteiger charge is -2.10. The molecule has 0 heterocycles. The first-order valence-electron chi connectivity index (χ1n) is 11.4. The van der Waals surface area contributed by atoms with Gasteiger partial charge in [0.25, 0.3) is 5.91 Å². The summed E-state index contributed by atoms with van der Waals surface area (Å²) in [6, 6.07) is 19.3. The van der Waals surface area contributed by atoms with Crippen molar-refractivity contribution in [1.29, 1.82) is 0 Å². The molecular weight excluding hydrogens is 524 g/mol. The van der Waals surface area contributed by atoms with Crippen LogP contribution in [0.25, 0.3) is 0 Å². The number of para-hydroxylation sites is 1. The van der Waals surface area contributed by atoms with Gasteiger partial charge in [-0.25, -0.2) is 10.2 Å². The molecule has 3 aromatic rings. The molecule has 3 aromatic carbocycles. The predicted octanol–water partition coefficient (Wildman–Crippen LogP) is 5.71. The van der Waals surface area contributed by atoms with Crippen molar-refractivity contribution in [3.63, 3.8) is 0 Å². The molecule has 0 atom stereocenters. The number of hydrogen-bond donors (Lipinski definition) is 1. The summed E-state index contributed by atoms with van der Waals surface area (Å²) in [5, 5.41) is 3.99. The molecule has 0 unspecified atom stereocenters. The molecule has 3 rings (SSSR count). The summed E-state index contributed by atoms with van der Waals surface area (Å²) in [6.45, 7) is 6.16. The number of hydrazone groups is 1. The molecule has 7 nitrogen and oxygen atoms in total. The molecule has 186 valence electrons. The van der Waals surface area contributed by atoms with Crippen molar-refractivity contribution in [3.05, 3.63) is 101 Å². The Balaban J connectivity index is 1.60. The van der Waals surface area contributed by atoms with Gasteiger partial charge in [0.15, 0.2) is 6.61 Å². The summed E-state index contributed by atoms with van der Waals surface area (Å²) in [5.41, 5.74) is 4.24. The maximum Gasteiger partial charge on any atom is 0.343 e. The van der Waals surface area contributed by atoms with E-state index in [0.717, 1.165) is 16.5 Å². The topological polar surface area (TPSA) is 86.2 Å². The highest BCUT2D eigenvalue weighted by molar-refractivity contribution is 9.10. The molecule has 0 saturated carbocycles. The Hall–Kier alpha value is -3.91. The van der Waals surface area contributed by atoms with E-state index in [0.29, 0.717) is 41.4 Å². The third-order valence-electron chi connectivity index (χ3n) is 4.83. The summed E-state index contributed by atoms with van der Waals surface area (Å²) in [5.74, 6) is 0.641. The number of benzene rings is 3. The number of ether oxygens (including phenoxy) is 3. The van der Waals surface area contributed by atoms with Crippen LogP contribution in [0.4, 0.5) is 0 Å². The highest BCUT2D eigenvalue weighted by atomic mass is 79.9. The largest absolute Gasteiger partial charge is 0.494 e. The number of rotatable bonds is 12. The van der Waals surface area contributed by atoms with Crippen molar-refractivity contribution in [2.75, 3.05) is 13.2 Å². The first kappa shape index (κ1) is 26.7. The third kappa shape index (κ3) is 8.09. The maximum absolute atomic E-state index is 12.6. The van der Waals surface area contributed by atoms with Crippen molar-refractivity contribution in [2.45, 2.75) is 19.8 Å². The second-order valence-corrected chi connectivity index (χ2v) is 8.54. The van der Waals surface area contributed by atoms with Gasteiger partial charge < -0.3 is 14.2 Å². The summed E-state index contributed by atoms with van der Waals surface area (Å²) >= 11 is 3.40. The van der Waals surface area contributed by atoms with Gasteiger partial charge in [-0.3, -0.25) is 4.79 Å². The van der Waals surface area contributed by atoms with Gasteiger partial charge in [-0.2, -0.15) is 5.10 Å². The molecule has 0 fully saturated rings. The Kier molecular flexibility index (Phi) is 10.3. The molecule has 0 saturated heterocycles. The molecule has 36 heavy (non-hydrogen) atoms. The lowest BCUT2D eigenvalue weighted by atomic mass is 10.1. The van der Waals surface area contributed by atoms with Crippen LogP contribution in [-0.4, -0.2) is 31.3 Å². The fourth-order valence-electron chi connectivity index (χ4n) is 3.10. The molecule has 0 aliphatic carbocycles. The van der Waals surface area contributed by atoms with E-state index in [4.69, 9.17) is 14.2 Å². The molecule has 8 heteroatoms. The molecule has 0 radical (unpaired) electrons. The predicted molar refractivity (Wildman–Crippen MR) is 143 cm³/mol. The number of allylic oxidation sites excluding steroid dienone is 1. The van der Waals surface area contributed by atoms with Crippen LogP contribution in [0.5, 0.6) is 17.2 Å². The van der Waals surface area contributed by atoms with Gasteiger partial charge in [-0.05, 0) is 66.9 Å². The van der Waals surface area contributed by atoms with Crippen molar-refractivity contribution in [2.24, 2.45) is 5.10 Å². The summed E-state index contributed by atoms with van der Waals surface area (Å²) in [4.78, 5) is 24.8. The van der Waals surface area contributed by atoms with E-state index < -0.39 is 11.9 Å². The zero-order chi connectivity index (χ0) is 25.8. The summed E-state index contributed by atoms with van der Waals surface area (Å²) in [6.07, 6.45) is 4.70. The number of hydrogen-bond acceptors (Lipinski definition) is 6. The van der Waals surface area contributed by atoms with Gasteiger partial charge in [0.2, 0.25) is 0 Å². The molecular formula is C28H27BrN2O5. The Morgan fingerprint density at radius 3 is 2.56 bits per heavy atom. The van der Waals surface area contributed by atoms with Crippen LogP contribution in [0, 0.1) is 0 Å². The number of amides is 1. The van der Waals surface area contributed by atoms with Crippen LogP contribution in [0.15, 0.2) is 89.0 Å². The smallest absolute Gasteiger partial charge is 0.343 e. The third-order valence-corrected chi connectivity index (χ3v) is 5.32. The highest BCUT2D eigenvalue weighted by Gasteiger charge is 2.12. The van der Waals surface area contributed by atoms with E-state index in [9.17, 15) is 9.59 Å². The second-order valence-electron chi connectivity index (χ2n) is 7.63. The van der Waals surface area contributed by atoms with Crippen molar-refractivity contribution >= 4 is 34.0 Å². The Morgan fingerprint density at radius 2 is 1.81 bits per heavy atom. The fraction of sp³-hybridized carbons (Fsp3) is 0.179. The van der Waals surface area contributed by atoms with Crippen LogP contribution in [0.2, 0.25) is 0 Å². The highest BCUT2D eigenvalue weighted by Crippen LogP contribution is 2.23. The average Bonchev–Trinajstić information content (AvgIpc) is 2.89. The number of esters is 1. The van der Waals surface area contributed by atoms with Crippen molar-refractivity contribution < 1.29 is 23.8 Å². The minimum absolute atomic E-state index is 0.205. The van der Waals surface area contributed by atoms with Gasteiger partial charge in [0.05, 0.1) is 18.4 Å². The van der Waals surface area contributed by atoms with Crippen molar-refractivity contribution in [1.82, 2.24) is 5.43 Å². The molecule has 1 N–H and O–H groups in total. The van der Waals surface area contributed by atoms with Crippen LogP contribution in [0.3, 0.4) is 0 Å². The number of carbonyl (C=O) groups excluding carboxylic acids is 2. The average molecular weight is 551 g/mol. The number of nitrogens with zero attached hydrogens (tertiary/aromatic N) is 1. The normalized spacial score (nSPS) is 10.6. The maximum atomic E-state index is 12.6. The number of halogens is 1. The zero-order valence-electron chi connectivity index (χ0n) is 19.9. The summed E-state index contributed by atoms with van der Waals surface area (Å²) < 4.78 is 17.5. The first-order valence-corrected chi connectivity index (χ1v) is 12.2. The minimum atomic E-state index is -0.523. The molecule has 0 spiro atoms. The van der Waals surface area contributed by atoms with E-state index in [1.54, 1.807) is 54.6 Å². The SMILES string of the molecule is C=CCc1ccccc1OCC(=O)NN=Cc1cc(Br)ccc1OC(=O)c1ccc(OCCC)cc1. The van der Waals surface area contributed by atoms with E-state index in [2.05, 4.69) is 33.0 Å². The van der Waals surface area contributed by atoms with E-state index >= 15 is 0 Å². The molecule has 0 bridgehead atoms.